The van der Waals surface area contributed by atoms with Crippen LogP contribution in [0.15, 0.2) is 36.4 Å². The summed E-state index contributed by atoms with van der Waals surface area (Å²) in [6.07, 6.45) is 0. The lowest BCUT2D eigenvalue weighted by Crippen LogP contribution is -1.71. The van der Waals surface area contributed by atoms with Gasteiger partial charge in [0.2, 0.25) is 0 Å². The third kappa shape index (κ3) is 53.8. The zero-order valence-corrected chi connectivity index (χ0v) is 16.1. The molecular weight excluding hydrogens is 240 g/mol. The van der Waals surface area contributed by atoms with Gasteiger partial charge in [-0.15, -0.1) is 6.58 Å². The third-order valence-corrected chi connectivity index (χ3v) is 1.17. The largest absolute Gasteiger partial charge is 0.100 e. The van der Waals surface area contributed by atoms with Crippen LogP contribution in [0.25, 0.3) is 0 Å². The molecule has 20 heavy (non-hydrogen) atoms. The van der Waals surface area contributed by atoms with Crippen LogP contribution in [0, 0.1) is 19.8 Å². The molecule has 0 amide bonds. The van der Waals surface area contributed by atoms with Crippen molar-refractivity contribution < 1.29 is 0 Å². The quantitative estimate of drug-likeness (QED) is 0.429. The first-order chi connectivity index (χ1) is 9.25. The Labute approximate surface area is 130 Å². The van der Waals surface area contributed by atoms with Crippen molar-refractivity contribution in [3.8, 4) is 0 Å². The van der Waals surface area contributed by atoms with Crippen LogP contribution >= 0.6 is 0 Å². The SMILES string of the molecule is C=C(C)C.CC.CC.CC(C)C.Cc1cccc(C)c1. The number of hydrogen-bond acceptors (Lipinski definition) is 0. The molecule has 0 aliphatic carbocycles. The molecule has 0 saturated carbocycles. The minimum Gasteiger partial charge on any atom is -0.100 e. The topological polar surface area (TPSA) is 0 Å². The highest BCUT2D eigenvalue weighted by Gasteiger charge is 1.80. The average molecular weight is 281 g/mol. The lowest BCUT2D eigenvalue weighted by atomic mass is 10.2. The van der Waals surface area contributed by atoms with E-state index in [4.69, 9.17) is 0 Å². The van der Waals surface area contributed by atoms with E-state index >= 15 is 0 Å². The highest BCUT2D eigenvalue weighted by atomic mass is 13.9. The molecule has 0 heterocycles. The number of rotatable bonds is 0. The van der Waals surface area contributed by atoms with Gasteiger partial charge >= 0.3 is 0 Å². The Bertz CT molecular complexity index is 258. The van der Waals surface area contributed by atoms with Gasteiger partial charge in [0.15, 0.2) is 0 Å². The van der Waals surface area contributed by atoms with E-state index in [1.54, 1.807) is 0 Å². The molecule has 0 bridgehead atoms. The Hall–Kier alpha value is -1.04. The lowest BCUT2D eigenvalue weighted by Gasteiger charge is -1.90. The highest BCUT2D eigenvalue weighted by Crippen LogP contribution is 2.00. The summed E-state index contributed by atoms with van der Waals surface area (Å²) in [6.45, 7) is 26.2. The van der Waals surface area contributed by atoms with Crippen molar-refractivity contribution >= 4 is 0 Å². The van der Waals surface area contributed by atoms with Crippen LogP contribution in [0.5, 0.6) is 0 Å². The van der Waals surface area contributed by atoms with Crippen LogP contribution in [0.2, 0.25) is 0 Å². The summed E-state index contributed by atoms with van der Waals surface area (Å²) < 4.78 is 0. The third-order valence-electron chi connectivity index (χ3n) is 1.17. The highest BCUT2D eigenvalue weighted by molar-refractivity contribution is 5.20. The predicted octanol–water partition coefficient (Wildman–Crippen LogP) is 7.60. The van der Waals surface area contributed by atoms with Crippen molar-refractivity contribution in [1.82, 2.24) is 0 Å². The van der Waals surface area contributed by atoms with Crippen molar-refractivity contribution in [2.45, 2.75) is 76.2 Å². The van der Waals surface area contributed by atoms with Crippen LogP contribution < -0.4 is 0 Å². The normalized spacial score (nSPS) is 7.40. The molecule has 0 N–H and O–H groups in total. The Kier molecular flexibility index (Phi) is 31.5. The molecule has 1 aromatic carbocycles. The van der Waals surface area contributed by atoms with E-state index in [1.165, 1.54) is 16.7 Å². The van der Waals surface area contributed by atoms with E-state index in [0.29, 0.717) is 0 Å². The monoisotopic (exact) mass is 280 g/mol. The van der Waals surface area contributed by atoms with E-state index in [1.807, 2.05) is 41.5 Å². The van der Waals surface area contributed by atoms with Crippen molar-refractivity contribution in [2.75, 3.05) is 0 Å². The number of allylic oxidation sites excluding steroid dienone is 1. The van der Waals surface area contributed by atoms with Gasteiger partial charge in [-0.2, -0.15) is 0 Å². The van der Waals surface area contributed by atoms with Crippen LogP contribution in [-0.2, 0) is 0 Å². The van der Waals surface area contributed by atoms with Gasteiger partial charge in [0.1, 0.15) is 0 Å². The summed E-state index contributed by atoms with van der Waals surface area (Å²) in [7, 11) is 0. The number of hydrogen-bond donors (Lipinski definition) is 0. The minimum absolute atomic E-state index is 0.833. The second kappa shape index (κ2) is 23.1. The molecule has 0 saturated heterocycles. The minimum atomic E-state index is 0.833. The van der Waals surface area contributed by atoms with Crippen LogP contribution in [-0.4, -0.2) is 0 Å². The molecule has 0 nitrogen and oxygen atoms in total. The molecule has 0 heteroatoms. The summed E-state index contributed by atoms with van der Waals surface area (Å²) in [5, 5.41) is 0. The van der Waals surface area contributed by atoms with Gasteiger partial charge < -0.3 is 0 Å². The van der Waals surface area contributed by atoms with Crippen molar-refractivity contribution in [3.63, 3.8) is 0 Å². The van der Waals surface area contributed by atoms with Crippen molar-refractivity contribution in [3.05, 3.63) is 47.5 Å². The zero-order valence-electron chi connectivity index (χ0n) is 16.1. The van der Waals surface area contributed by atoms with E-state index in [9.17, 15) is 0 Å². The maximum atomic E-state index is 3.56. The predicted molar refractivity (Wildman–Crippen MR) is 99.6 cm³/mol. The average Bonchev–Trinajstić information content (AvgIpc) is 2.32. The molecule has 0 atom stereocenters. The molecule has 120 valence electrons. The first-order valence-electron chi connectivity index (χ1n) is 7.91. The molecular formula is C20H40. The van der Waals surface area contributed by atoms with Gasteiger partial charge in [-0.25, -0.2) is 0 Å². The Morgan fingerprint density at radius 3 is 1.15 bits per heavy atom. The van der Waals surface area contributed by atoms with Crippen LogP contribution in [0.3, 0.4) is 0 Å². The van der Waals surface area contributed by atoms with Gasteiger partial charge in [0.05, 0.1) is 0 Å². The standard InChI is InChI=1S/C8H10.C4H10.C4H8.2C2H6/c1-7-4-3-5-8(2)6-7;2*1-4(2)3;2*1-2/h3-6H,1-2H3;4H,1-3H3;1H2,2-3H3;2*1-2H3. The summed E-state index contributed by atoms with van der Waals surface area (Å²) in [5.74, 6) is 0.833. The second-order valence-corrected chi connectivity index (χ2v) is 5.10. The first kappa shape index (κ1) is 27.3. The van der Waals surface area contributed by atoms with E-state index in [-0.39, 0.29) is 0 Å². The van der Waals surface area contributed by atoms with Crippen LogP contribution in [0.4, 0.5) is 0 Å². The maximum absolute atomic E-state index is 3.56. The summed E-state index contributed by atoms with van der Waals surface area (Å²) in [6, 6.07) is 8.45. The molecule has 1 rings (SSSR count). The molecule has 0 aromatic heterocycles. The number of aryl methyl sites for hydroxylation is 2. The molecule has 1 aromatic rings. The molecule has 0 fully saturated rings. The van der Waals surface area contributed by atoms with Gasteiger partial charge in [-0.3, -0.25) is 0 Å². The summed E-state index contributed by atoms with van der Waals surface area (Å²) >= 11 is 0. The molecule has 0 aliphatic rings. The van der Waals surface area contributed by atoms with Crippen molar-refractivity contribution in [2.24, 2.45) is 5.92 Å². The fourth-order valence-electron chi connectivity index (χ4n) is 0.807. The second-order valence-electron chi connectivity index (χ2n) is 5.10. The summed E-state index contributed by atoms with van der Waals surface area (Å²) in [4.78, 5) is 0. The summed E-state index contributed by atoms with van der Waals surface area (Å²) in [5.41, 5.74) is 3.84. The number of benzene rings is 1. The van der Waals surface area contributed by atoms with Gasteiger partial charge in [0.25, 0.3) is 0 Å². The Morgan fingerprint density at radius 2 is 1.05 bits per heavy atom. The molecule has 0 unspecified atom stereocenters. The fraction of sp³-hybridized carbons (Fsp3) is 0.600. The van der Waals surface area contributed by atoms with Crippen molar-refractivity contribution in [1.29, 1.82) is 0 Å². The lowest BCUT2D eigenvalue weighted by molar-refractivity contribution is 0.737. The smallest absolute Gasteiger partial charge is 0.0398 e. The zero-order chi connectivity index (χ0) is 17.1. The van der Waals surface area contributed by atoms with E-state index < -0.39 is 0 Å². The van der Waals surface area contributed by atoms with E-state index in [0.717, 1.165) is 5.92 Å². The van der Waals surface area contributed by atoms with Gasteiger partial charge in [0, 0.05) is 0 Å². The molecule has 0 spiro atoms. The first-order valence-corrected chi connectivity index (χ1v) is 7.91. The van der Waals surface area contributed by atoms with E-state index in [2.05, 4.69) is 65.5 Å². The molecule has 0 aliphatic heterocycles. The Morgan fingerprint density at radius 1 is 0.850 bits per heavy atom. The van der Waals surface area contributed by atoms with Crippen LogP contribution in [0.1, 0.15) is 73.4 Å². The fourth-order valence-corrected chi connectivity index (χ4v) is 0.807. The van der Waals surface area contributed by atoms with Gasteiger partial charge in [-0.05, 0) is 33.6 Å². The van der Waals surface area contributed by atoms with Gasteiger partial charge in [-0.1, -0.05) is 89.4 Å². The maximum Gasteiger partial charge on any atom is -0.0398 e. The Balaban J connectivity index is -0.0000000922. The molecule has 0 radical (unpaired) electrons.